The van der Waals surface area contributed by atoms with Gasteiger partial charge in [0.15, 0.2) is 6.61 Å². The second-order valence-corrected chi connectivity index (χ2v) is 7.85. The third-order valence-electron chi connectivity index (χ3n) is 3.82. The Bertz CT molecular complexity index is 693. The van der Waals surface area contributed by atoms with Crippen LogP contribution in [0.15, 0.2) is 29.2 Å². The molecule has 1 aromatic rings. The van der Waals surface area contributed by atoms with Crippen LogP contribution in [0.2, 0.25) is 0 Å². The largest absolute Gasteiger partial charge is 0.456 e. The molecule has 0 saturated carbocycles. The van der Waals surface area contributed by atoms with Gasteiger partial charge in [-0.3, -0.25) is 9.35 Å². The Morgan fingerprint density at radius 1 is 1.20 bits per heavy atom. The Balaban J connectivity index is 2.88. The predicted molar refractivity (Wildman–Crippen MR) is 84.7 cm³/mol. The minimum atomic E-state index is -4.58. The first-order chi connectivity index (χ1) is 11.3. The fourth-order valence-corrected chi connectivity index (χ4v) is 2.93. The standard InChI is InChI=1S/C16H21F3O5S/c1-4-11(12-5-7-13(8-6-12)25(21,22)23)9-15(2,3)14(20)24-10-16(17,18)19/h5-8,11H,4,9-10H2,1-3H3,(H,21,22,23). The molecule has 1 unspecified atom stereocenters. The number of hydrogen-bond acceptors (Lipinski definition) is 4. The smallest absolute Gasteiger partial charge is 0.422 e. The summed E-state index contributed by atoms with van der Waals surface area (Å²) in [5.74, 6) is -1.14. The zero-order valence-corrected chi connectivity index (χ0v) is 14.9. The average molecular weight is 382 g/mol. The lowest BCUT2D eigenvalue weighted by molar-refractivity contribution is -0.192. The molecule has 25 heavy (non-hydrogen) atoms. The Labute approximate surface area is 144 Å². The van der Waals surface area contributed by atoms with Gasteiger partial charge in [0.2, 0.25) is 0 Å². The maximum Gasteiger partial charge on any atom is 0.422 e. The van der Waals surface area contributed by atoms with Crippen LogP contribution in [-0.4, -0.2) is 31.7 Å². The summed E-state index contributed by atoms with van der Waals surface area (Å²) in [6, 6.07) is 5.49. The van der Waals surface area contributed by atoms with Crippen LogP contribution in [0.1, 0.15) is 45.1 Å². The molecular weight excluding hydrogens is 361 g/mol. The summed E-state index contributed by atoms with van der Waals surface area (Å²) in [5.41, 5.74) is -0.431. The Kier molecular flexibility index (Phi) is 6.63. The van der Waals surface area contributed by atoms with Crippen molar-refractivity contribution in [2.24, 2.45) is 5.41 Å². The Morgan fingerprint density at radius 2 is 1.72 bits per heavy atom. The lowest BCUT2D eigenvalue weighted by Gasteiger charge is -2.28. The highest BCUT2D eigenvalue weighted by Crippen LogP contribution is 2.35. The first-order valence-electron chi connectivity index (χ1n) is 7.57. The number of alkyl halides is 3. The molecule has 0 saturated heterocycles. The van der Waals surface area contributed by atoms with E-state index >= 15 is 0 Å². The summed E-state index contributed by atoms with van der Waals surface area (Å²) in [7, 11) is -4.30. The fraction of sp³-hybridized carbons (Fsp3) is 0.562. The summed E-state index contributed by atoms with van der Waals surface area (Å²) in [6.07, 6.45) is -3.77. The molecule has 0 aliphatic heterocycles. The Hall–Kier alpha value is -1.61. The second-order valence-electron chi connectivity index (χ2n) is 6.43. The van der Waals surface area contributed by atoms with Gasteiger partial charge in [-0.15, -0.1) is 0 Å². The van der Waals surface area contributed by atoms with Crippen LogP contribution in [0.3, 0.4) is 0 Å². The van der Waals surface area contributed by atoms with E-state index in [2.05, 4.69) is 4.74 Å². The molecule has 0 aromatic heterocycles. The minimum Gasteiger partial charge on any atom is -0.456 e. The van der Waals surface area contributed by atoms with E-state index in [4.69, 9.17) is 4.55 Å². The first kappa shape index (κ1) is 21.4. The van der Waals surface area contributed by atoms with Crippen molar-refractivity contribution in [3.05, 3.63) is 29.8 Å². The molecule has 142 valence electrons. The summed E-state index contributed by atoms with van der Waals surface area (Å²) in [4.78, 5) is 11.7. The van der Waals surface area contributed by atoms with Crippen molar-refractivity contribution in [1.82, 2.24) is 0 Å². The number of halogens is 3. The van der Waals surface area contributed by atoms with Crippen LogP contribution in [0.25, 0.3) is 0 Å². The van der Waals surface area contributed by atoms with E-state index in [0.29, 0.717) is 12.0 Å². The van der Waals surface area contributed by atoms with E-state index in [1.807, 2.05) is 6.92 Å². The number of esters is 1. The van der Waals surface area contributed by atoms with E-state index in [-0.39, 0.29) is 17.2 Å². The maximum absolute atomic E-state index is 12.2. The van der Waals surface area contributed by atoms with Crippen molar-refractivity contribution in [2.75, 3.05) is 6.61 Å². The molecule has 0 aliphatic carbocycles. The number of benzene rings is 1. The van der Waals surface area contributed by atoms with Gasteiger partial charge >= 0.3 is 12.1 Å². The molecule has 0 amide bonds. The van der Waals surface area contributed by atoms with Gasteiger partial charge in [0.1, 0.15) is 0 Å². The fourth-order valence-electron chi connectivity index (χ4n) is 2.45. The zero-order valence-electron chi connectivity index (χ0n) is 14.1. The average Bonchev–Trinajstić information content (AvgIpc) is 2.48. The summed E-state index contributed by atoms with van der Waals surface area (Å²) in [5, 5.41) is 0. The number of hydrogen-bond donors (Lipinski definition) is 1. The van der Waals surface area contributed by atoms with Crippen molar-refractivity contribution >= 4 is 16.1 Å². The van der Waals surface area contributed by atoms with Crippen LogP contribution < -0.4 is 0 Å². The van der Waals surface area contributed by atoms with Crippen LogP contribution in [0, 0.1) is 5.41 Å². The van der Waals surface area contributed by atoms with Gasteiger partial charge in [-0.1, -0.05) is 19.1 Å². The SMILES string of the molecule is CCC(CC(C)(C)C(=O)OCC(F)(F)F)c1ccc(S(=O)(=O)O)cc1. The number of ether oxygens (including phenoxy) is 1. The van der Waals surface area contributed by atoms with Gasteiger partial charge in [-0.05, 0) is 50.3 Å². The second kappa shape index (κ2) is 7.74. The molecule has 1 atom stereocenters. The molecule has 0 spiro atoms. The molecule has 1 aromatic carbocycles. The maximum atomic E-state index is 12.2. The van der Waals surface area contributed by atoms with Crippen molar-refractivity contribution in [3.63, 3.8) is 0 Å². The molecule has 0 fully saturated rings. The summed E-state index contributed by atoms with van der Waals surface area (Å²) < 4.78 is 72.0. The molecule has 9 heteroatoms. The van der Waals surface area contributed by atoms with Gasteiger partial charge < -0.3 is 4.74 Å². The van der Waals surface area contributed by atoms with Crippen LogP contribution in [0.4, 0.5) is 13.2 Å². The van der Waals surface area contributed by atoms with Gasteiger partial charge in [-0.2, -0.15) is 21.6 Å². The minimum absolute atomic E-state index is 0.191. The molecular formula is C16H21F3O5S. The van der Waals surface area contributed by atoms with Crippen LogP contribution >= 0.6 is 0 Å². The highest BCUT2D eigenvalue weighted by molar-refractivity contribution is 7.85. The summed E-state index contributed by atoms with van der Waals surface area (Å²) in [6.45, 7) is 3.22. The van der Waals surface area contributed by atoms with Gasteiger partial charge in [0.05, 0.1) is 10.3 Å². The Morgan fingerprint density at radius 3 is 2.12 bits per heavy atom. The lowest BCUT2D eigenvalue weighted by Crippen LogP contribution is -2.32. The topological polar surface area (TPSA) is 80.7 Å². The molecule has 5 nitrogen and oxygen atoms in total. The molecule has 0 aliphatic rings. The number of carbonyl (C=O) groups excluding carboxylic acids is 1. The number of carbonyl (C=O) groups is 1. The molecule has 0 radical (unpaired) electrons. The van der Waals surface area contributed by atoms with E-state index in [1.54, 1.807) is 0 Å². The third-order valence-corrected chi connectivity index (χ3v) is 4.69. The predicted octanol–water partition coefficient (Wildman–Crippen LogP) is 3.95. The highest BCUT2D eigenvalue weighted by Gasteiger charge is 2.36. The molecule has 1 N–H and O–H groups in total. The van der Waals surface area contributed by atoms with Crippen molar-refractivity contribution in [3.8, 4) is 0 Å². The first-order valence-corrected chi connectivity index (χ1v) is 9.01. The highest BCUT2D eigenvalue weighted by atomic mass is 32.2. The van der Waals surface area contributed by atoms with Crippen molar-refractivity contribution < 1.29 is 35.7 Å². The monoisotopic (exact) mass is 382 g/mol. The van der Waals surface area contributed by atoms with Gasteiger partial charge in [-0.25, -0.2) is 0 Å². The quantitative estimate of drug-likeness (QED) is 0.570. The van der Waals surface area contributed by atoms with E-state index < -0.39 is 34.3 Å². The normalized spacial score (nSPS) is 14.2. The van der Waals surface area contributed by atoms with E-state index in [0.717, 1.165) is 0 Å². The van der Waals surface area contributed by atoms with Crippen molar-refractivity contribution in [2.45, 2.75) is 50.6 Å². The summed E-state index contributed by atoms with van der Waals surface area (Å²) >= 11 is 0. The van der Waals surface area contributed by atoms with E-state index in [9.17, 15) is 26.4 Å². The van der Waals surface area contributed by atoms with Crippen LogP contribution in [0.5, 0.6) is 0 Å². The third kappa shape index (κ3) is 6.66. The van der Waals surface area contributed by atoms with E-state index in [1.165, 1.54) is 38.1 Å². The lowest BCUT2D eigenvalue weighted by atomic mass is 9.79. The molecule has 0 heterocycles. The van der Waals surface area contributed by atoms with Crippen molar-refractivity contribution in [1.29, 1.82) is 0 Å². The molecule has 0 bridgehead atoms. The molecule has 1 rings (SSSR count). The zero-order chi connectivity index (χ0) is 19.5. The van der Waals surface area contributed by atoms with Gasteiger partial charge in [0, 0.05) is 0 Å². The number of rotatable bonds is 7. The van der Waals surface area contributed by atoms with Gasteiger partial charge in [0.25, 0.3) is 10.1 Å². The van der Waals surface area contributed by atoms with Crippen LogP contribution in [-0.2, 0) is 19.6 Å².